The van der Waals surface area contributed by atoms with Crippen molar-refractivity contribution < 1.29 is 0 Å². The Balaban J connectivity index is 1.96. The number of halogens is 1. The second kappa shape index (κ2) is 5.51. The van der Waals surface area contributed by atoms with Gasteiger partial charge in [0.05, 0.1) is 10.7 Å². The van der Waals surface area contributed by atoms with E-state index in [0.717, 1.165) is 36.0 Å². The van der Waals surface area contributed by atoms with Gasteiger partial charge in [-0.25, -0.2) is 4.98 Å². The number of pyridine rings is 1. The van der Waals surface area contributed by atoms with Crippen LogP contribution in [0, 0.1) is 0 Å². The van der Waals surface area contributed by atoms with Crippen molar-refractivity contribution >= 4 is 17.4 Å². The van der Waals surface area contributed by atoms with Gasteiger partial charge in [-0.1, -0.05) is 18.5 Å². The average molecular weight is 240 g/mol. The summed E-state index contributed by atoms with van der Waals surface area (Å²) in [5.41, 5.74) is 0.940. The zero-order valence-corrected chi connectivity index (χ0v) is 10.3. The first-order valence-corrected chi connectivity index (χ1v) is 6.30. The molecule has 16 heavy (non-hydrogen) atoms. The van der Waals surface area contributed by atoms with Crippen LogP contribution >= 0.6 is 11.6 Å². The Kier molecular flexibility index (Phi) is 4.02. The highest BCUT2D eigenvalue weighted by molar-refractivity contribution is 6.31. The maximum atomic E-state index is 6.10. The van der Waals surface area contributed by atoms with Crippen molar-refractivity contribution in [3.05, 3.63) is 22.8 Å². The van der Waals surface area contributed by atoms with Crippen molar-refractivity contribution in [1.82, 2.24) is 10.3 Å². The van der Waals surface area contributed by atoms with Crippen molar-refractivity contribution in [3.8, 4) is 0 Å². The van der Waals surface area contributed by atoms with Crippen molar-refractivity contribution in [2.24, 2.45) is 0 Å². The first kappa shape index (κ1) is 11.7. The van der Waals surface area contributed by atoms with E-state index in [2.05, 4.69) is 22.5 Å². The van der Waals surface area contributed by atoms with Gasteiger partial charge >= 0.3 is 0 Å². The van der Waals surface area contributed by atoms with Crippen LogP contribution in [-0.4, -0.2) is 17.6 Å². The minimum atomic E-state index is 0.685. The molecule has 1 aromatic rings. The van der Waals surface area contributed by atoms with E-state index < -0.39 is 0 Å². The van der Waals surface area contributed by atoms with Gasteiger partial charge in [-0.2, -0.15) is 0 Å². The average Bonchev–Trinajstić information content (AvgIpc) is 3.10. The molecule has 2 N–H and O–H groups in total. The topological polar surface area (TPSA) is 37.0 Å². The Morgan fingerprint density at radius 1 is 1.44 bits per heavy atom. The highest BCUT2D eigenvalue weighted by atomic mass is 35.5. The zero-order chi connectivity index (χ0) is 11.4. The summed E-state index contributed by atoms with van der Waals surface area (Å²) in [6.07, 6.45) is 3.66. The predicted octanol–water partition coefficient (Wildman–Crippen LogP) is 2.81. The van der Waals surface area contributed by atoms with E-state index in [-0.39, 0.29) is 0 Å². The standard InChI is InChI=1S/C12H18ClN3/c1-2-7-14-12-6-5-10(13)11(16-12)8-15-9-3-4-9/h5-6,9,15H,2-4,7-8H2,1H3,(H,14,16). The maximum absolute atomic E-state index is 6.10. The second-order valence-corrected chi connectivity index (χ2v) is 4.61. The van der Waals surface area contributed by atoms with Crippen LogP contribution in [0.3, 0.4) is 0 Å². The molecule has 0 aliphatic heterocycles. The number of hydrogen-bond donors (Lipinski definition) is 2. The van der Waals surface area contributed by atoms with Gasteiger partial charge < -0.3 is 10.6 Å². The zero-order valence-electron chi connectivity index (χ0n) is 9.59. The van der Waals surface area contributed by atoms with E-state index in [9.17, 15) is 0 Å². The maximum Gasteiger partial charge on any atom is 0.126 e. The van der Waals surface area contributed by atoms with Gasteiger partial charge in [0.15, 0.2) is 0 Å². The Labute approximate surface area is 102 Å². The van der Waals surface area contributed by atoms with Gasteiger partial charge in [-0.05, 0) is 31.4 Å². The quantitative estimate of drug-likeness (QED) is 0.802. The molecule has 1 heterocycles. The molecule has 1 aliphatic rings. The molecule has 3 nitrogen and oxygen atoms in total. The first-order valence-electron chi connectivity index (χ1n) is 5.92. The molecule has 1 saturated carbocycles. The van der Waals surface area contributed by atoms with Crippen molar-refractivity contribution in [2.45, 2.75) is 38.8 Å². The van der Waals surface area contributed by atoms with E-state index in [1.807, 2.05) is 12.1 Å². The summed E-state index contributed by atoms with van der Waals surface area (Å²) in [6.45, 7) is 3.85. The number of aromatic nitrogens is 1. The molecular formula is C12H18ClN3. The molecule has 88 valence electrons. The molecule has 0 saturated heterocycles. The van der Waals surface area contributed by atoms with Crippen LogP contribution in [0.4, 0.5) is 5.82 Å². The van der Waals surface area contributed by atoms with Gasteiger partial charge in [-0.15, -0.1) is 0 Å². The van der Waals surface area contributed by atoms with Crippen LogP contribution in [0.15, 0.2) is 12.1 Å². The minimum Gasteiger partial charge on any atom is -0.370 e. The lowest BCUT2D eigenvalue weighted by Gasteiger charge is -2.08. The van der Waals surface area contributed by atoms with E-state index >= 15 is 0 Å². The number of hydrogen-bond acceptors (Lipinski definition) is 3. The number of anilines is 1. The van der Waals surface area contributed by atoms with Crippen LogP contribution in [0.5, 0.6) is 0 Å². The number of nitrogens with zero attached hydrogens (tertiary/aromatic N) is 1. The van der Waals surface area contributed by atoms with Crippen LogP contribution in [-0.2, 0) is 6.54 Å². The highest BCUT2D eigenvalue weighted by Crippen LogP contribution is 2.21. The van der Waals surface area contributed by atoms with E-state index in [1.54, 1.807) is 0 Å². The number of nitrogens with one attached hydrogen (secondary N) is 2. The fourth-order valence-electron chi connectivity index (χ4n) is 1.49. The molecule has 0 aromatic carbocycles. The Morgan fingerprint density at radius 3 is 2.94 bits per heavy atom. The third-order valence-electron chi connectivity index (χ3n) is 2.61. The van der Waals surface area contributed by atoms with Gasteiger partial charge in [0.1, 0.15) is 5.82 Å². The smallest absolute Gasteiger partial charge is 0.126 e. The van der Waals surface area contributed by atoms with Crippen LogP contribution in [0.2, 0.25) is 5.02 Å². The third kappa shape index (κ3) is 3.35. The monoisotopic (exact) mass is 239 g/mol. The molecule has 0 bridgehead atoms. The van der Waals surface area contributed by atoms with Crippen molar-refractivity contribution in [1.29, 1.82) is 0 Å². The van der Waals surface area contributed by atoms with Gasteiger partial charge in [-0.3, -0.25) is 0 Å². The van der Waals surface area contributed by atoms with E-state index in [4.69, 9.17) is 11.6 Å². The summed E-state index contributed by atoms with van der Waals surface area (Å²) in [7, 11) is 0. The highest BCUT2D eigenvalue weighted by Gasteiger charge is 2.20. The molecule has 0 atom stereocenters. The molecule has 0 amide bonds. The molecule has 0 radical (unpaired) electrons. The lowest BCUT2D eigenvalue weighted by atomic mass is 10.3. The second-order valence-electron chi connectivity index (χ2n) is 4.21. The lowest BCUT2D eigenvalue weighted by Crippen LogP contribution is -2.17. The van der Waals surface area contributed by atoms with E-state index in [0.29, 0.717) is 6.04 Å². The summed E-state index contributed by atoms with van der Waals surface area (Å²) in [5, 5.41) is 7.44. The van der Waals surface area contributed by atoms with Crippen molar-refractivity contribution in [3.63, 3.8) is 0 Å². The molecule has 2 rings (SSSR count). The molecule has 1 fully saturated rings. The number of rotatable bonds is 6. The summed E-state index contributed by atoms with van der Waals surface area (Å²) in [4.78, 5) is 4.50. The molecule has 1 aromatic heterocycles. The summed E-state index contributed by atoms with van der Waals surface area (Å²) < 4.78 is 0. The summed E-state index contributed by atoms with van der Waals surface area (Å²) in [6, 6.07) is 4.53. The van der Waals surface area contributed by atoms with Crippen LogP contribution < -0.4 is 10.6 Å². The minimum absolute atomic E-state index is 0.685. The molecular weight excluding hydrogens is 222 g/mol. The molecule has 0 spiro atoms. The Morgan fingerprint density at radius 2 is 2.25 bits per heavy atom. The van der Waals surface area contributed by atoms with Gasteiger partial charge in [0.25, 0.3) is 0 Å². The van der Waals surface area contributed by atoms with Crippen LogP contribution in [0.25, 0.3) is 0 Å². The molecule has 0 unspecified atom stereocenters. The fraction of sp³-hybridized carbons (Fsp3) is 0.583. The Hall–Kier alpha value is -0.800. The fourth-order valence-corrected chi connectivity index (χ4v) is 1.66. The largest absolute Gasteiger partial charge is 0.370 e. The van der Waals surface area contributed by atoms with Crippen molar-refractivity contribution in [2.75, 3.05) is 11.9 Å². The van der Waals surface area contributed by atoms with E-state index in [1.165, 1.54) is 12.8 Å². The van der Waals surface area contributed by atoms with Crippen LogP contribution in [0.1, 0.15) is 31.9 Å². The summed E-state index contributed by atoms with van der Waals surface area (Å²) >= 11 is 6.10. The lowest BCUT2D eigenvalue weighted by molar-refractivity contribution is 0.675. The summed E-state index contributed by atoms with van der Waals surface area (Å²) in [5.74, 6) is 0.916. The molecule has 4 heteroatoms. The molecule has 1 aliphatic carbocycles. The normalized spacial score (nSPS) is 15.1. The predicted molar refractivity (Wildman–Crippen MR) is 67.9 cm³/mol. The first-order chi connectivity index (χ1) is 7.79. The SMILES string of the molecule is CCCNc1ccc(Cl)c(CNC2CC2)n1. The Bertz CT molecular complexity index is 350. The third-order valence-corrected chi connectivity index (χ3v) is 2.95. The van der Waals surface area contributed by atoms with Gasteiger partial charge in [0.2, 0.25) is 0 Å². The van der Waals surface area contributed by atoms with Gasteiger partial charge in [0, 0.05) is 19.1 Å².